The lowest BCUT2D eigenvalue weighted by molar-refractivity contribution is -0.121. The van der Waals surface area contributed by atoms with Crippen molar-refractivity contribution in [3.05, 3.63) is 23.5 Å². The predicted molar refractivity (Wildman–Crippen MR) is 89.9 cm³/mol. The summed E-state index contributed by atoms with van der Waals surface area (Å²) in [5, 5.41) is 8.28. The molecule has 1 saturated heterocycles. The summed E-state index contributed by atoms with van der Waals surface area (Å²) in [7, 11) is 3.64. The number of hydrogen-bond donors (Lipinski definition) is 1. The molecular weight excluding hydrogens is 290 g/mol. The molecule has 124 valence electrons. The standard InChI is InChI=1S/C17H25N5O/c1-12-15-8-14(10-19-17(15)21(3)20-12)11-22-6-4-13(5-7-22)9-16(23)18-2/h8,10,13H,4-7,9,11H2,1-3H3,(H,18,23). The summed E-state index contributed by atoms with van der Waals surface area (Å²) in [6, 6.07) is 2.21. The zero-order valence-corrected chi connectivity index (χ0v) is 14.2. The number of aryl methyl sites for hydroxylation is 2. The van der Waals surface area contributed by atoms with E-state index in [1.807, 2.05) is 24.9 Å². The van der Waals surface area contributed by atoms with Crippen LogP contribution in [0.2, 0.25) is 0 Å². The van der Waals surface area contributed by atoms with Crippen molar-refractivity contribution in [1.29, 1.82) is 0 Å². The van der Waals surface area contributed by atoms with E-state index in [0.717, 1.165) is 49.2 Å². The highest BCUT2D eigenvalue weighted by molar-refractivity contribution is 5.78. The van der Waals surface area contributed by atoms with Crippen LogP contribution in [0, 0.1) is 12.8 Å². The topological polar surface area (TPSA) is 63.1 Å². The van der Waals surface area contributed by atoms with E-state index in [1.165, 1.54) is 5.56 Å². The molecular formula is C17H25N5O. The van der Waals surface area contributed by atoms with Crippen LogP contribution in [0.1, 0.15) is 30.5 Å². The number of pyridine rings is 1. The Balaban J connectivity index is 1.60. The van der Waals surface area contributed by atoms with E-state index in [0.29, 0.717) is 12.3 Å². The van der Waals surface area contributed by atoms with Crippen LogP contribution < -0.4 is 5.32 Å². The molecule has 0 atom stereocenters. The fraction of sp³-hybridized carbons (Fsp3) is 0.588. The van der Waals surface area contributed by atoms with Gasteiger partial charge in [-0.15, -0.1) is 0 Å². The Hall–Kier alpha value is -1.95. The Bertz CT molecular complexity index is 700. The minimum Gasteiger partial charge on any atom is -0.359 e. The monoisotopic (exact) mass is 315 g/mol. The molecule has 1 aliphatic heterocycles. The molecule has 1 fully saturated rings. The Morgan fingerprint density at radius 2 is 2.13 bits per heavy atom. The van der Waals surface area contributed by atoms with Gasteiger partial charge in [0, 0.05) is 38.6 Å². The minimum atomic E-state index is 0.158. The summed E-state index contributed by atoms with van der Waals surface area (Å²) in [4.78, 5) is 18.5. The maximum absolute atomic E-state index is 11.5. The Morgan fingerprint density at radius 3 is 2.83 bits per heavy atom. The summed E-state index contributed by atoms with van der Waals surface area (Å²) in [6.45, 7) is 5.04. The van der Waals surface area contributed by atoms with E-state index in [4.69, 9.17) is 0 Å². The van der Waals surface area contributed by atoms with Gasteiger partial charge in [0.1, 0.15) is 0 Å². The van der Waals surface area contributed by atoms with Crippen molar-refractivity contribution in [3.8, 4) is 0 Å². The summed E-state index contributed by atoms with van der Waals surface area (Å²) in [5.74, 6) is 0.678. The average Bonchev–Trinajstić information content (AvgIpc) is 2.83. The van der Waals surface area contributed by atoms with Gasteiger partial charge >= 0.3 is 0 Å². The third kappa shape index (κ3) is 3.52. The summed E-state index contributed by atoms with van der Waals surface area (Å²) < 4.78 is 1.83. The molecule has 3 rings (SSSR count). The molecule has 0 aliphatic carbocycles. The minimum absolute atomic E-state index is 0.158. The normalized spacial score (nSPS) is 16.8. The highest BCUT2D eigenvalue weighted by atomic mass is 16.1. The smallest absolute Gasteiger partial charge is 0.220 e. The van der Waals surface area contributed by atoms with Gasteiger partial charge in [-0.1, -0.05) is 0 Å². The number of aromatic nitrogens is 3. The first-order chi connectivity index (χ1) is 11.1. The number of likely N-dealkylation sites (tertiary alicyclic amines) is 1. The van der Waals surface area contributed by atoms with Crippen molar-refractivity contribution in [2.45, 2.75) is 32.7 Å². The van der Waals surface area contributed by atoms with Crippen LogP contribution in [-0.2, 0) is 18.4 Å². The van der Waals surface area contributed by atoms with Crippen molar-refractivity contribution in [2.24, 2.45) is 13.0 Å². The molecule has 0 bridgehead atoms. The van der Waals surface area contributed by atoms with Crippen LogP contribution in [0.25, 0.3) is 11.0 Å². The summed E-state index contributed by atoms with van der Waals surface area (Å²) >= 11 is 0. The highest BCUT2D eigenvalue weighted by Crippen LogP contribution is 2.23. The largest absolute Gasteiger partial charge is 0.359 e. The SMILES string of the molecule is CNC(=O)CC1CCN(Cc2cnc3c(c2)c(C)nn3C)CC1. The van der Waals surface area contributed by atoms with Gasteiger partial charge in [0.2, 0.25) is 5.91 Å². The number of piperidine rings is 1. The predicted octanol–water partition coefficient (Wildman–Crippen LogP) is 1.62. The van der Waals surface area contributed by atoms with Crippen LogP contribution in [0.15, 0.2) is 12.3 Å². The number of nitrogens with one attached hydrogen (secondary N) is 1. The fourth-order valence-electron chi connectivity index (χ4n) is 3.41. The molecule has 1 amide bonds. The van der Waals surface area contributed by atoms with Gasteiger partial charge in [-0.25, -0.2) is 4.98 Å². The van der Waals surface area contributed by atoms with E-state index < -0.39 is 0 Å². The Kier molecular flexibility index (Phi) is 4.61. The second kappa shape index (κ2) is 6.66. The second-order valence-electron chi connectivity index (χ2n) is 6.52. The molecule has 2 aromatic heterocycles. The maximum atomic E-state index is 11.5. The first-order valence-electron chi connectivity index (χ1n) is 8.28. The molecule has 0 spiro atoms. The van der Waals surface area contributed by atoms with Gasteiger partial charge in [-0.2, -0.15) is 5.10 Å². The lowest BCUT2D eigenvalue weighted by Crippen LogP contribution is -2.35. The van der Waals surface area contributed by atoms with Crippen LogP contribution in [-0.4, -0.2) is 45.7 Å². The van der Waals surface area contributed by atoms with Crippen LogP contribution in [0.3, 0.4) is 0 Å². The van der Waals surface area contributed by atoms with Gasteiger partial charge in [-0.05, 0) is 50.4 Å². The molecule has 23 heavy (non-hydrogen) atoms. The molecule has 1 N–H and O–H groups in total. The quantitative estimate of drug-likeness (QED) is 0.931. The maximum Gasteiger partial charge on any atom is 0.220 e. The molecule has 0 aromatic carbocycles. The van der Waals surface area contributed by atoms with Crippen molar-refractivity contribution in [2.75, 3.05) is 20.1 Å². The highest BCUT2D eigenvalue weighted by Gasteiger charge is 2.21. The van der Waals surface area contributed by atoms with E-state index in [2.05, 4.69) is 26.4 Å². The van der Waals surface area contributed by atoms with Crippen LogP contribution >= 0.6 is 0 Å². The zero-order valence-electron chi connectivity index (χ0n) is 14.2. The van der Waals surface area contributed by atoms with E-state index in [1.54, 1.807) is 7.05 Å². The van der Waals surface area contributed by atoms with Crippen molar-refractivity contribution in [3.63, 3.8) is 0 Å². The van der Waals surface area contributed by atoms with Gasteiger partial charge in [0.05, 0.1) is 5.69 Å². The van der Waals surface area contributed by atoms with Crippen LogP contribution in [0.4, 0.5) is 0 Å². The molecule has 0 radical (unpaired) electrons. The van der Waals surface area contributed by atoms with Gasteiger partial charge in [0.25, 0.3) is 0 Å². The Labute approximate surface area is 136 Å². The van der Waals surface area contributed by atoms with Gasteiger partial charge in [0.15, 0.2) is 5.65 Å². The van der Waals surface area contributed by atoms with Crippen molar-refractivity contribution >= 4 is 16.9 Å². The molecule has 3 heterocycles. The number of carbonyl (C=O) groups excluding carboxylic acids is 1. The first-order valence-corrected chi connectivity index (χ1v) is 8.28. The van der Waals surface area contributed by atoms with Gasteiger partial charge < -0.3 is 5.32 Å². The molecule has 6 nitrogen and oxygen atoms in total. The summed E-state index contributed by atoms with van der Waals surface area (Å²) in [6.07, 6.45) is 4.80. The fourth-order valence-corrected chi connectivity index (χ4v) is 3.41. The lowest BCUT2D eigenvalue weighted by Gasteiger charge is -2.31. The summed E-state index contributed by atoms with van der Waals surface area (Å²) in [5.41, 5.74) is 3.20. The third-order valence-electron chi connectivity index (χ3n) is 4.79. The number of fused-ring (bicyclic) bond motifs is 1. The zero-order chi connectivity index (χ0) is 16.4. The number of carbonyl (C=O) groups is 1. The van der Waals surface area contributed by atoms with E-state index in [9.17, 15) is 4.79 Å². The Morgan fingerprint density at radius 1 is 1.39 bits per heavy atom. The number of amides is 1. The molecule has 6 heteroatoms. The van der Waals surface area contributed by atoms with E-state index >= 15 is 0 Å². The second-order valence-corrected chi connectivity index (χ2v) is 6.52. The number of nitrogens with zero attached hydrogens (tertiary/aromatic N) is 4. The van der Waals surface area contributed by atoms with Gasteiger partial charge in [-0.3, -0.25) is 14.4 Å². The molecule has 2 aromatic rings. The lowest BCUT2D eigenvalue weighted by atomic mass is 9.93. The van der Waals surface area contributed by atoms with Crippen molar-refractivity contribution < 1.29 is 4.79 Å². The van der Waals surface area contributed by atoms with Crippen LogP contribution in [0.5, 0.6) is 0 Å². The first kappa shape index (κ1) is 15.9. The molecule has 0 saturated carbocycles. The number of rotatable bonds is 4. The van der Waals surface area contributed by atoms with E-state index in [-0.39, 0.29) is 5.91 Å². The molecule has 0 unspecified atom stereocenters. The third-order valence-corrected chi connectivity index (χ3v) is 4.79. The number of hydrogen-bond acceptors (Lipinski definition) is 4. The van der Waals surface area contributed by atoms with Crippen molar-refractivity contribution in [1.82, 2.24) is 25.0 Å². The average molecular weight is 315 g/mol. The molecule has 1 aliphatic rings.